The Hall–Kier alpha value is -1.96. The lowest BCUT2D eigenvalue weighted by Crippen LogP contribution is -2.17. The van der Waals surface area contributed by atoms with Gasteiger partial charge in [-0.25, -0.2) is 4.98 Å². The van der Waals surface area contributed by atoms with Gasteiger partial charge in [-0.15, -0.1) is 13.2 Å². The number of nitrogens with one attached hydrogen (secondary N) is 1. The van der Waals surface area contributed by atoms with Gasteiger partial charge in [0.2, 0.25) is 0 Å². The average molecular weight is 280 g/mol. The SMILES string of the molecule is FC(F)(F)Oc1coc(Nc2cc(Cl)ccn2)n1. The van der Waals surface area contributed by atoms with Crippen molar-refractivity contribution in [2.75, 3.05) is 5.32 Å². The molecule has 0 bridgehead atoms. The summed E-state index contributed by atoms with van der Waals surface area (Å²) < 4.78 is 43.9. The number of rotatable bonds is 3. The van der Waals surface area contributed by atoms with Gasteiger partial charge < -0.3 is 9.15 Å². The van der Waals surface area contributed by atoms with Crippen molar-refractivity contribution < 1.29 is 22.3 Å². The van der Waals surface area contributed by atoms with E-state index in [1.54, 1.807) is 6.07 Å². The van der Waals surface area contributed by atoms with Gasteiger partial charge in [0.05, 0.1) is 0 Å². The van der Waals surface area contributed by atoms with Gasteiger partial charge in [0.25, 0.3) is 5.88 Å². The highest BCUT2D eigenvalue weighted by atomic mass is 35.5. The lowest BCUT2D eigenvalue weighted by molar-refractivity contribution is -0.276. The zero-order valence-electron chi connectivity index (χ0n) is 8.53. The fourth-order valence-electron chi connectivity index (χ4n) is 1.06. The highest BCUT2D eigenvalue weighted by Crippen LogP contribution is 2.24. The van der Waals surface area contributed by atoms with E-state index in [-0.39, 0.29) is 11.8 Å². The third kappa shape index (κ3) is 3.52. The first-order chi connectivity index (χ1) is 8.42. The number of nitrogens with zero attached hydrogens (tertiary/aromatic N) is 2. The number of ether oxygens (including phenoxy) is 1. The average Bonchev–Trinajstić information content (AvgIpc) is 2.62. The van der Waals surface area contributed by atoms with E-state index in [2.05, 4.69) is 20.0 Å². The van der Waals surface area contributed by atoms with E-state index in [0.717, 1.165) is 6.26 Å². The second-order valence-electron chi connectivity index (χ2n) is 3.02. The summed E-state index contributed by atoms with van der Waals surface area (Å²) in [4.78, 5) is 7.28. The van der Waals surface area contributed by atoms with Crippen LogP contribution >= 0.6 is 11.6 Å². The Labute approximate surface area is 104 Å². The molecular weight excluding hydrogens is 275 g/mol. The minimum atomic E-state index is -4.82. The molecule has 1 N–H and O–H groups in total. The smallest absolute Gasteiger partial charge is 0.428 e. The van der Waals surface area contributed by atoms with Crippen molar-refractivity contribution in [3.63, 3.8) is 0 Å². The van der Waals surface area contributed by atoms with Crippen LogP contribution in [0.3, 0.4) is 0 Å². The van der Waals surface area contributed by atoms with Crippen LogP contribution in [0.4, 0.5) is 25.0 Å². The van der Waals surface area contributed by atoms with Gasteiger partial charge in [0, 0.05) is 11.2 Å². The minimum Gasteiger partial charge on any atom is -0.428 e. The van der Waals surface area contributed by atoms with E-state index in [4.69, 9.17) is 16.0 Å². The Morgan fingerprint density at radius 3 is 2.83 bits per heavy atom. The summed E-state index contributed by atoms with van der Waals surface area (Å²) in [7, 11) is 0. The molecule has 5 nitrogen and oxygen atoms in total. The van der Waals surface area contributed by atoms with E-state index < -0.39 is 12.2 Å². The summed E-state index contributed by atoms with van der Waals surface area (Å²) in [6.07, 6.45) is -2.68. The number of alkyl halides is 3. The van der Waals surface area contributed by atoms with E-state index in [1.807, 2.05) is 0 Å². The van der Waals surface area contributed by atoms with Gasteiger partial charge in [0.15, 0.2) is 6.26 Å². The summed E-state index contributed by atoms with van der Waals surface area (Å²) >= 11 is 5.70. The van der Waals surface area contributed by atoms with E-state index in [1.165, 1.54) is 12.3 Å². The Bertz CT molecular complexity index is 544. The number of hydrogen-bond donors (Lipinski definition) is 1. The summed E-state index contributed by atoms with van der Waals surface area (Å²) in [6.45, 7) is 0. The molecule has 0 radical (unpaired) electrons. The molecule has 0 aromatic carbocycles. The fraction of sp³-hybridized carbons (Fsp3) is 0.111. The molecule has 9 heteroatoms. The Morgan fingerprint density at radius 2 is 2.17 bits per heavy atom. The maximum Gasteiger partial charge on any atom is 0.574 e. The molecule has 0 amide bonds. The molecule has 2 aromatic rings. The van der Waals surface area contributed by atoms with Crippen molar-refractivity contribution in [1.82, 2.24) is 9.97 Å². The largest absolute Gasteiger partial charge is 0.574 e. The predicted octanol–water partition coefficient (Wildman–Crippen LogP) is 3.37. The van der Waals surface area contributed by atoms with Gasteiger partial charge in [0.1, 0.15) is 5.82 Å². The second-order valence-corrected chi connectivity index (χ2v) is 3.46. The number of anilines is 2. The summed E-state index contributed by atoms with van der Waals surface area (Å²) in [5.41, 5.74) is 0. The number of pyridine rings is 1. The molecule has 0 aliphatic heterocycles. The maximum atomic E-state index is 11.9. The molecule has 96 valence electrons. The molecule has 0 fully saturated rings. The Balaban J connectivity index is 2.07. The highest BCUT2D eigenvalue weighted by Gasteiger charge is 2.32. The van der Waals surface area contributed by atoms with Crippen molar-refractivity contribution >= 4 is 23.4 Å². The summed E-state index contributed by atoms with van der Waals surface area (Å²) in [6, 6.07) is 2.81. The van der Waals surface area contributed by atoms with Crippen LogP contribution in [0.25, 0.3) is 0 Å². The lowest BCUT2D eigenvalue weighted by Gasteiger charge is -2.03. The van der Waals surface area contributed by atoms with Gasteiger partial charge in [-0.3, -0.25) is 5.32 Å². The third-order valence-electron chi connectivity index (χ3n) is 1.66. The van der Waals surface area contributed by atoms with Gasteiger partial charge in [-0.05, 0) is 12.1 Å². The molecule has 18 heavy (non-hydrogen) atoms. The first-order valence-corrected chi connectivity index (χ1v) is 4.90. The quantitative estimate of drug-likeness (QED) is 0.933. The lowest BCUT2D eigenvalue weighted by atomic mass is 10.4. The van der Waals surface area contributed by atoms with Crippen molar-refractivity contribution in [1.29, 1.82) is 0 Å². The summed E-state index contributed by atoms with van der Waals surface area (Å²) in [5, 5.41) is 2.94. The normalized spacial score (nSPS) is 11.3. The van der Waals surface area contributed by atoms with Gasteiger partial charge in [-0.1, -0.05) is 11.6 Å². The number of aromatic nitrogens is 2. The van der Waals surface area contributed by atoms with Crippen LogP contribution in [0.5, 0.6) is 5.88 Å². The van der Waals surface area contributed by atoms with Crippen LogP contribution in [-0.2, 0) is 0 Å². The Morgan fingerprint density at radius 1 is 1.39 bits per heavy atom. The van der Waals surface area contributed by atoms with E-state index >= 15 is 0 Å². The highest BCUT2D eigenvalue weighted by molar-refractivity contribution is 6.30. The molecule has 0 atom stereocenters. The first-order valence-electron chi connectivity index (χ1n) is 4.52. The topological polar surface area (TPSA) is 60.2 Å². The van der Waals surface area contributed by atoms with Crippen molar-refractivity contribution in [2.24, 2.45) is 0 Å². The zero-order valence-corrected chi connectivity index (χ0v) is 9.29. The van der Waals surface area contributed by atoms with E-state index in [9.17, 15) is 13.2 Å². The second kappa shape index (κ2) is 4.73. The maximum absolute atomic E-state index is 11.9. The number of halogens is 4. The molecule has 2 heterocycles. The van der Waals surface area contributed by atoms with Crippen LogP contribution in [0.1, 0.15) is 0 Å². The molecule has 0 saturated heterocycles. The standard InChI is InChI=1S/C9H5ClF3N3O2/c10-5-1-2-14-6(3-5)15-8-16-7(4-17-8)18-9(11,12)13/h1-4H,(H,14,15,16). The molecule has 0 aliphatic carbocycles. The van der Waals surface area contributed by atoms with Crippen LogP contribution in [0.15, 0.2) is 29.0 Å². The van der Waals surface area contributed by atoms with E-state index in [0.29, 0.717) is 5.02 Å². The van der Waals surface area contributed by atoms with Gasteiger partial charge in [-0.2, -0.15) is 4.98 Å². The number of oxazole rings is 1. The van der Waals surface area contributed by atoms with Crippen molar-refractivity contribution in [3.8, 4) is 5.88 Å². The van der Waals surface area contributed by atoms with Crippen LogP contribution in [0.2, 0.25) is 5.02 Å². The molecule has 0 unspecified atom stereocenters. The third-order valence-corrected chi connectivity index (χ3v) is 1.90. The molecule has 2 aromatic heterocycles. The molecule has 2 rings (SSSR count). The zero-order chi connectivity index (χ0) is 13.2. The summed E-state index contributed by atoms with van der Waals surface area (Å²) in [5.74, 6) is -0.421. The predicted molar refractivity (Wildman–Crippen MR) is 55.7 cm³/mol. The molecule has 0 aliphatic rings. The van der Waals surface area contributed by atoms with Crippen molar-refractivity contribution in [3.05, 3.63) is 29.6 Å². The van der Waals surface area contributed by atoms with Crippen LogP contribution < -0.4 is 10.1 Å². The molecule has 0 spiro atoms. The van der Waals surface area contributed by atoms with Crippen molar-refractivity contribution in [2.45, 2.75) is 6.36 Å². The monoisotopic (exact) mass is 279 g/mol. The Kier molecular flexibility index (Phi) is 3.28. The van der Waals surface area contributed by atoms with Gasteiger partial charge >= 0.3 is 12.4 Å². The minimum absolute atomic E-state index is 0.191. The first kappa shape index (κ1) is 12.5. The van der Waals surface area contributed by atoms with Crippen LogP contribution in [-0.4, -0.2) is 16.3 Å². The fourth-order valence-corrected chi connectivity index (χ4v) is 1.22. The molecule has 0 saturated carbocycles. The van der Waals surface area contributed by atoms with Crippen LogP contribution in [0, 0.1) is 0 Å². The number of hydrogen-bond acceptors (Lipinski definition) is 5. The molecular formula is C9H5ClF3N3O2.